The Labute approximate surface area is 115 Å². The molecule has 0 radical (unpaired) electrons. The second-order valence-corrected chi connectivity index (χ2v) is 7.05. The van der Waals surface area contributed by atoms with Crippen LogP contribution in [0.15, 0.2) is 0 Å². The van der Waals surface area contributed by atoms with Crippen molar-refractivity contribution in [2.45, 2.75) is 38.1 Å². The molecule has 3 N–H and O–H groups in total. The molecule has 1 saturated carbocycles. The summed E-state index contributed by atoms with van der Waals surface area (Å²) in [5.74, 6) is 0.170. The van der Waals surface area contributed by atoms with Crippen LogP contribution in [-0.2, 0) is 14.8 Å². The fourth-order valence-corrected chi connectivity index (χ4v) is 3.84. The number of nitrogens with two attached hydrogens (primary N) is 1. The van der Waals surface area contributed by atoms with E-state index in [2.05, 4.69) is 4.72 Å². The van der Waals surface area contributed by atoms with Crippen LogP contribution in [0.1, 0.15) is 32.1 Å². The number of methoxy groups -OCH3 is 1. The number of rotatable bonds is 7. The fourth-order valence-electron chi connectivity index (χ4n) is 2.30. The highest BCUT2D eigenvalue weighted by atomic mass is 32.2. The molecule has 0 bridgehead atoms. The van der Waals surface area contributed by atoms with Gasteiger partial charge in [-0.3, -0.25) is 0 Å². The van der Waals surface area contributed by atoms with E-state index in [4.69, 9.17) is 22.7 Å². The average molecular weight is 294 g/mol. The highest BCUT2D eigenvalue weighted by molar-refractivity contribution is 7.89. The van der Waals surface area contributed by atoms with E-state index in [0.29, 0.717) is 0 Å². The molecule has 0 heterocycles. The van der Waals surface area contributed by atoms with Gasteiger partial charge in [0.15, 0.2) is 0 Å². The lowest BCUT2D eigenvalue weighted by Gasteiger charge is -2.29. The second kappa shape index (κ2) is 7.37. The summed E-state index contributed by atoms with van der Waals surface area (Å²) in [4.78, 5) is 0.239. The molecule has 1 fully saturated rings. The monoisotopic (exact) mass is 294 g/mol. The lowest BCUT2D eigenvalue weighted by molar-refractivity contribution is 0.216. The Kier molecular flexibility index (Phi) is 6.48. The molecule has 18 heavy (non-hydrogen) atoms. The van der Waals surface area contributed by atoms with Gasteiger partial charge in [0.2, 0.25) is 10.0 Å². The molecule has 1 unspecified atom stereocenters. The summed E-state index contributed by atoms with van der Waals surface area (Å²) in [5, 5.41) is 0. The van der Waals surface area contributed by atoms with E-state index in [0.717, 1.165) is 25.7 Å². The molecular formula is C11H22N2O3S2. The quantitative estimate of drug-likeness (QED) is 0.678. The van der Waals surface area contributed by atoms with Crippen molar-refractivity contribution in [3.63, 3.8) is 0 Å². The van der Waals surface area contributed by atoms with E-state index in [-0.39, 0.29) is 23.3 Å². The molecule has 106 valence electrons. The molecule has 0 aliphatic heterocycles. The van der Waals surface area contributed by atoms with E-state index in [1.807, 2.05) is 0 Å². The van der Waals surface area contributed by atoms with Crippen LogP contribution in [0.25, 0.3) is 0 Å². The molecule has 0 aromatic heterocycles. The topological polar surface area (TPSA) is 81.4 Å². The lowest BCUT2D eigenvalue weighted by Crippen LogP contribution is -2.49. The minimum Gasteiger partial charge on any atom is -0.392 e. The van der Waals surface area contributed by atoms with Crippen LogP contribution in [0, 0.1) is 5.92 Å². The van der Waals surface area contributed by atoms with Crippen LogP contribution >= 0.6 is 12.2 Å². The average Bonchev–Trinajstić information content (AvgIpc) is 2.34. The minimum atomic E-state index is -3.38. The van der Waals surface area contributed by atoms with Crippen molar-refractivity contribution >= 4 is 27.2 Å². The summed E-state index contributed by atoms with van der Waals surface area (Å²) >= 11 is 5.00. The normalized spacial score (nSPS) is 19.6. The zero-order valence-corrected chi connectivity index (χ0v) is 12.4. The van der Waals surface area contributed by atoms with Crippen LogP contribution < -0.4 is 10.5 Å². The van der Waals surface area contributed by atoms with Gasteiger partial charge in [-0.05, 0) is 18.8 Å². The van der Waals surface area contributed by atoms with Gasteiger partial charge in [-0.25, -0.2) is 13.1 Å². The van der Waals surface area contributed by atoms with Gasteiger partial charge >= 0.3 is 0 Å². The van der Waals surface area contributed by atoms with Crippen molar-refractivity contribution in [1.29, 1.82) is 0 Å². The van der Waals surface area contributed by atoms with Gasteiger partial charge < -0.3 is 10.5 Å². The summed E-state index contributed by atoms with van der Waals surface area (Å²) in [6.07, 6.45) is 5.40. The Morgan fingerprint density at radius 2 is 2.06 bits per heavy atom. The summed E-state index contributed by atoms with van der Waals surface area (Å²) in [5.41, 5.74) is 5.68. The highest BCUT2D eigenvalue weighted by Crippen LogP contribution is 2.27. The first-order valence-corrected chi connectivity index (χ1v) is 8.30. The van der Waals surface area contributed by atoms with Gasteiger partial charge in [0.25, 0.3) is 0 Å². The zero-order valence-electron chi connectivity index (χ0n) is 10.7. The van der Waals surface area contributed by atoms with Crippen molar-refractivity contribution in [2.75, 3.05) is 19.5 Å². The van der Waals surface area contributed by atoms with E-state index < -0.39 is 16.1 Å². The number of hydrogen-bond donors (Lipinski definition) is 2. The number of nitrogens with one attached hydrogen (secondary N) is 1. The maximum Gasteiger partial charge on any atom is 0.214 e. The number of hydrogen-bond acceptors (Lipinski definition) is 4. The number of ether oxygens (including phenoxy) is 1. The Hall–Kier alpha value is -0.240. The molecule has 0 aromatic rings. The van der Waals surface area contributed by atoms with Crippen LogP contribution in [-0.4, -0.2) is 38.9 Å². The van der Waals surface area contributed by atoms with Crippen molar-refractivity contribution < 1.29 is 13.2 Å². The fraction of sp³-hybridized carbons (Fsp3) is 0.909. The molecular weight excluding hydrogens is 272 g/mol. The van der Waals surface area contributed by atoms with Gasteiger partial charge in [-0.2, -0.15) is 0 Å². The van der Waals surface area contributed by atoms with Crippen LogP contribution in [0.5, 0.6) is 0 Å². The van der Waals surface area contributed by atoms with Gasteiger partial charge in [0.05, 0.1) is 23.4 Å². The molecule has 7 heteroatoms. The van der Waals surface area contributed by atoms with Gasteiger partial charge in [-0.1, -0.05) is 31.5 Å². The Bertz CT molecular complexity index is 364. The summed E-state index contributed by atoms with van der Waals surface area (Å²) < 4.78 is 31.1. The van der Waals surface area contributed by atoms with Crippen molar-refractivity contribution in [3.05, 3.63) is 0 Å². The molecule has 0 aromatic carbocycles. The first kappa shape index (κ1) is 15.8. The van der Waals surface area contributed by atoms with Crippen LogP contribution in [0.2, 0.25) is 0 Å². The third-order valence-corrected chi connectivity index (χ3v) is 4.86. The number of sulfonamides is 1. The van der Waals surface area contributed by atoms with Crippen LogP contribution in [0.4, 0.5) is 0 Å². The van der Waals surface area contributed by atoms with E-state index in [1.54, 1.807) is 0 Å². The first-order valence-electron chi connectivity index (χ1n) is 6.24. The van der Waals surface area contributed by atoms with Gasteiger partial charge in [0.1, 0.15) is 0 Å². The molecule has 5 nitrogen and oxygen atoms in total. The largest absolute Gasteiger partial charge is 0.392 e. The molecule has 1 atom stereocenters. The van der Waals surface area contributed by atoms with E-state index in [1.165, 1.54) is 13.5 Å². The Balaban J connectivity index is 2.64. The first-order chi connectivity index (χ1) is 8.46. The summed E-state index contributed by atoms with van der Waals surface area (Å²) in [7, 11) is -1.91. The smallest absolute Gasteiger partial charge is 0.214 e. The third kappa shape index (κ3) is 5.17. The zero-order chi connectivity index (χ0) is 13.6. The van der Waals surface area contributed by atoms with Crippen LogP contribution in [0.3, 0.4) is 0 Å². The molecule has 0 amide bonds. The summed E-state index contributed by atoms with van der Waals surface area (Å²) in [6, 6.07) is -0.415. The lowest BCUT2D eigenvalue weighted by atomic mass is 9.84. The maximum atomic E-state index is 11.8. The highest BCUT2D eigenvalue weighted by Gasteiger charge is 2.29. The van der Waals surface area contributed by atoms with Gasteiger partial charge in [0, 0.05) is 7.11 Å². The van der Waals surface area contributed by atoms with Crippen molar-refractivity contribution in [3.8, 4) is 0 Å². The minimum absolute atomic E-state index is 0.0602. The predicted octanol–water partition coefficient (Wildman–Crippen LogP) is 0.787. The Morgan fingerprint density at radius 3 is 2.56 bits per heavy atom. The van der Waals surface area contributed by atoms with E-state index >= 15 is 0 Å². The van der Waals surface area contributed by atoms with E-state index in [9.17, 15) is 8.42 Å². The van der Waals surface area contributed by atoms with Crippen molar-refractivity contribution in [1.82, 2.24) is 4.72 Å². The third-order valence-electron chi connectivity index (χ3n) is 3.29. The number of thiocarbonyl (C=S) groups is 1. The second-order valence-electron chi connectivity index (χ2n) is 4.71. The molecule has 0 saturated heterocycles. The maximum absolute atomic E-state index is 11.8. The van der Waals surface area contributed by atoms with Crippen molar-refractivity contribution in [2.24, 2.45) is 11.7 Å². The molecule has 1 aliphatic carbocycles. The Morgan fingerprint density at radius 1 is 1.44 bits per heavy atom. The SMILES string of the molecule is COCCS(=O)(=O)NC(C(N)=S)C1CCCCC1. The standard InChI is InChI=1S/C11H22N2O3S2/c1-16-7-8-18(14,15)13-10(11(12)17)9-5-3-2-4-6-9/h9-10,13H,2-8H2,1H3,(H2,12,17). The molecule has 1 rings (SSSR count). The van der Waals surface area contributed by atoms with Gasteiger partial charge in [-0.15, -0.1) is 0 Å². The predicted molar refractivity (Wildman–Crippen MR) is 75.9 cm³/mol. The molecule has 0 spiro atoms. The molecule has 1 aliphatic rings. The summed E-state index contributed by atoms with van der Waals surface area (Å²) in [6.45, 7) is 0.171.